The molecule has 0 aromatic heterocycles. The molecule has 1 heterocycles. The van der Waals surface area contributed by atoms with E-state index in [2.05, 4.69) is 0 Å². The molecule has 19 heavy (non-hydrogen) atoms. The van der Waals surface area contributed by atoms with Gasteiger partial charge in [0.15, 0.2) is 0 Å². The van der Waals surface area contributed by atoms with Crippen LogP contribution in [0.4, 0.5) is 10.1 Å². The molecule has 0 radical (unpaired) electrons. The highest BCUT2D eigenvalue weighted by atomic mass is 32.2. The van der Waals surface area contributed by atoms with Crippen LogP contribution in [0, 0.1) is 5.82 Å². The lowest BCUT2D eigenvalue weighted by Gasteiger charge is -2.29. The molecule has 0 saturated carbocycles. The van der Waals surface area contributed by atoms with Crippen LogP contribution in [-0.4, -0.2) is 29.1 Å². The van der Waals surface area contributed by atoms with Crippen molar-refractivity contribution in [2.75, 3.05) is 18.8 Å². The molecule has 1 unspecified atom stereocenters. The number of amides is 1. The number of nitrogen functional groups attached to an aromatic ring is 1. The third kappa shape index (κ3) is 3.62. The number of halogens is 1. The van der Waals surface area contributed by atoms with Crippen molar-refractivity contribution in [3.8, 4) is 0 Å². The highest BCUT2D eigenvalue weighted by Gasteiger charge is 2.23. The second kappa shape index (κ2) is 6.28. The number of nitrogens with two attached hydrogens (primary N) is 1. The highest BCUT2D eigenvalue weighted by Crippen LogP contribution is 2.28. The highest BCUT2D eigenvalue weighted by molar-refractivity contribution is 8.00. The van der Waals surface area contributed by atoms with Crippen LogP contribution in [-0.2, 0) is 4.79 Å². The van der Waals surface area contributed by atoms with Crippen molar-refractivity contribution in [1.82, 2.24) is 4.90 Å². The van der Waals surface area contributed by atoms with Gasteiger partial charge in [-0.2, -0.15) is 0 Å². The van der Waals surface area contributed by atoms with Gasteiger partial charge in [0.25, 0.3) is 0 Å². The Labute approximate surface area is 117 Å². The normalized spacial score (nSPS) is 17.3. The molecule has 1 aliphatic rings. The van der Waals surface area contributed by atoms with Crippen LogP contribution in [0.15, 0.2) is 23.1 Å². The van der Waals surface area contributed by atoms with Crippen molar-refractivity contribution in [3.05, 3.63) is 24.0 Å². The largest absolute Gasteiger partial charge is 0.399 e. The zero-order valence-electron chi connectivity index (χ0n) is 11.1. The van der Waals surface area contributed by atoms with Crippen molar-refractivity contribution in [2.45, 2.75) is 36.3 Å². The maximum Gasteiger partial charge on any atom is 0.235 e. The molecule has 1 fully saturated rings. The Kier molecular flexibility index (Phi) is 4.69. The molecule has 1 amide bonds. The average molecular weight is 282 g/mol. The van der Waals surface area contributed by atoms with Crippen molar-refractivity contribution < 1.29 is 9.18 Å². The molecule has 0 bridgehead atoms. The number of carbonyl (C=O) groups excluding carboxylic acids is 1. The van der Waals surface area contributed by atoms with Crippen LogP contribution in [0.3, 0.4) is 0 Å². The number of carbonyl (C=O) groups is 1. The fourth-order valence-corrected chi connectivity index (χ4v) is 3.17. The van der Waals surface area contributed by atoms with E-state index in [4.69, 9.17) is 5.73 Å². The number of nitrogens with zero attached hydrogens (tertiary/aromatic N) is 1. The minimum atomic E-state index is -0.358. The average Bonchev–Trinajstić information content (AvgIpc) is 2.42. The Hall–Kier alpha value is -1.23. The van der Waals surface area contributed by atoms with E-state index in [1.165, 1.54) is 24.2 Å². The van der Waals surface area contributed by atoms with E-state index in [1.807, 2.05) is 11.8 Å². The molecule has 0 aliphatic carbocycles. The number of piperidine rings is 1. The van der Waals surface area contributed by atoms with Gasteiger partial charge in [0.2, 0.25) is 5.91 Å². The Bertz CT molecular complexity index is 461. The van der Waals surface area contributed by atoms with Crippen LogP contribution in [0.25, 0.3) is 0 Å². The molecule has 1 aromatic carbocycles. The predicted octanol–water partition coefficient (Wildman–Crippen LogP) is 2.90. The van der Waals surface area contributed by atoms with Crippen molar-refractivity contribution in [2.24, 2.45) is 0 Å². The van der Waals surface area contributed by atoms with Gasteiger partial charge in [-0.1, -0.05) is 0 Å². The minimum absolute atomic E-state index is 0.0981. The molecule has 2 N–H and O–H groups in total. The summed E-state index contributed by atoms with van der Waals surface area (Å²) in [6.07, 6.45) is 3.33. The fourth-order valence-electron chi connectivity index (χ4n) is 2.22. The second-order valence-electron chi connectivity index (χ2n) is 4.84. The molecular weight excluding hydrogens is 263 g/mol. The lowest BCUT2D eigenvalue weighted by Crippen LogP contribution is -2.40. The number of hydrogen-bond acceptors (Lipinski definition) is 3. The van der Waals surface area contributed by atoms with Gasteiger partial charge >= 0.3 is 0 Å². The SMILES string of the molecule is CC(Sc1ccc(N)cc1F)C(=O)N1CCCCC1. The predicted molar refractivity (Wildman–Crippen MR) is 76.6 cm³/mol. The molecule has 0 spiro atoms. The number of anilines is 1. The number of hydrogen-bond donors (Lipinski definition) is 1. The number of likely N-dealkylation sites (tertiary alicyclic amines) is 1. The maximum atomic E-state index is 13.7. The zero-order chi connectivity index (χ0) is 13.8. The van der Waals surface area contributed by atoms with Crippen LogP contribution < -0.4 is 5.73 Å². The first-order valence-corrected chi connectivity index (χ1v) is 7.46. The third-order valence-corrected chi connectivity index (χ3v) is 4.42. The van der Waals surface area contributed by atoms with E-state index < -0.39 is 0 Å². The van der Waals surface area contributed by atoms with Gasteiger partial charge in [-0.25, -0.2) is 4.39 Å². The Morgan fingerprint density at radius 3 is 2.68 bits per heavy atom. The lowest BCUT2D eigenvalue weighted by atomic mass is 10.1. The first-order valence-electron chi connectivity index (χ1n) is 6.58. The molecule has 1 atom stereocenters. The first kappa shape index (κ1) is 14.2. The minimum Gasteiger partial charge on any atom is -0.399 e. The van der Waals surface area contributed by atoms with Crippen molar-refractivity contribution in [1.29, 1.82) is 0 Å². The summed E-state index contributed by atoms with van der Waals surface area (Å²) in [5.41, 5.74) is 5.91. The Morgan fingerprint density at radius 2 is 2.05 bits per heavy atom. The van der Waals surface area contributed by atoms with Gasteiger partial charge in [-0.15, -0.1) is 11.8 Å². The third-order valence-electron chi connectivity index (χ3n) is 3.28. The number of rotatable bonds is 3. The molecule has 5 heteroatoms. The molecule has 3 nitrogen and oxygen atoms in total. The van der Waals surface area contributed by atoms with E-state index in [9.17, 15) is 9.18 Å². The second-order valence-corrected chi connectivity index (χ2v) is 6.22. The van der Waals surface area contributed by atoms with E-state index in [0.717, 1.165) is 25.9 Å². The summed E-state index contributed by atoms with van der Waals surface area (Å²) < 4.78 is 13.7. The summed E-state index contributed by atoms with van der Waals surface area (Å²) in [6, 6.07) is 4.58. The van der Waals surface area contributed by atoms with Crippen LogP contribution in [0.5, 0.6) is 0 Å². The summed E-state index contributed by atoms with van der Waals surface area (Å²) in [5, 5.41) is -0.267. The quantitative estimate of drug-likeness (QED) is 0.685. The number of benzene rings is 1. The van der Waals surface area contributed by atoms with Crippen molar-refractivity contribution in [3.63, 3.8) is 0 Å². The summed E-state index contributed by atoms with van der Waals surface area (Å²) in [4.78, 5) is 14.6. The topological polar surface area (TPSA) is 46.3 Å². The fraction of sp³-hybridized carbons (Fsp3) is 0.500. The van der Waals surface area contributed by atoms with E-state index >= 15 is 0 Å². The Morgan fingerprint density at radius 1 is 1.37 bits per heavy atom. The smallest absolute Gasteiger partial charge is 0.235 e. The van der Waals surface area contributed by atoms with E-state index in [-0.39, 0.29) is 17.0 Å². The van der Waals surface area contributed by atoms with Crippen molar-refractivity contribution >= 4 is 23.4 Å². The zero-order valence-corrected chi connectivity index (χ0v) is 11.9. The summed E-state index contributed by atoms with van der Waals surface area (Å²) in [6.45, 7) is 3.49. The lowest BCUT2D eigenvalue weighted by molar-refractivity contribution is -0.131. The summed E-state index contributed by atoms with van der Waals surface area (Å²) >= 11 is 1.26. The molecule has 1 aliphatic heterocycles. The van der Waals surface area contributed by atoms with Gasteiger partial charge < -0.3 is 10.6 Å². The Balaban J connectivity index is 1.99. The molecule has 2 rings (SSSR count). The van der Waals surface area contributed by atoms with Gasteiger partial charge in [0.05, 0.1) is 5.25 Å². The standard InChI is InChI=1S/C14H19FN2OS/c1-10(14(18)17-7-3-2-4-8-17)19-13-6-5-11(16)9-12(13)15/h5-6,9-10H,2-4,7-8,16H2,1H3. The first-order chi connectivity index (χ1) is 9.08. The molecule has 1 aromatic rings. The van der Waals surface area contributed by atoms with E-state index in [1.54, 1.807) is 12.1 Å². The summed E-state index contributed by atoms with van der Waals surface area (Å²) in [5.74, 6) is -0.260. The number of thioether (sulfide) groups is 1. The van der Waals surface area contributed by atoms with Gasteiger partial charge in [-0.3, -0.25) is 4.79 Å². The monoisotopic (exact) mass is 282 g/mol. The maximum absolute atomic E-state index is 13.7. The van der Waals surface area contributed by atoms with Crippen LogP contribution in [0.2, 0.25) is 0 Å². The van der Waals surface area contributed by atoms with E-state index in [0.29, 0.717) is 10.6 Å². The van der Waals surface area contributed by atoms with Crippen LogP contribution >= 0.6 is 11.8 Å². The van der Waals surface area contributed by atoms with Gasteiger partial charge in [0.1, 0.15) is 5.82 Å². The summed E-state index contributed by atoms with van der Waals surface area (Å²) in [7, 11) is 0. The van der Waals surface area contributed by atoms with Gasteiger partial charge in [0, 0.05) is 23.7 Å². The molecule has 1 saturated heterocycles. The molecule has 104 valence electrons. The van der Waals surface area contributed by atoms with Gasteiger partial charge in [-0.05, 0) is 44.4 Å². The molecular formula is C14H19FN2OS. The van der Waals surface area contributed by atoms with Crippen LogP contribution in [0.1, 0.15) is 26.2 Å².